The van der Waals surface area contributed by atoms with E-state index in [9.17, 15) is 14.4 Å². The minimum atomic E-state index is -0.137. The van der Waals surface area contributed by atoms with Gasteiger partial charge in [-0.15, -0.1) is 22.7 Å². The molecular weight excluding hydrogens is 927 g/mol. The van der Waals surface area contributed by atoms with Gasteiger partial charge in [-0.1, -0.05) is 41.5 Å². The van der Waals surface area contributed by atoms with E-state index in [0.717, 1.165) is 30.4 Å². The number of Topliss-reactive ketones (excluding diaryl/α,β-unsaturated/α-hetero) is 1. The van der Waals surface area contributed by atoms with Gasteiger partial charge in [0.15, 0.2) is 0 Å². The summed E-state index contributed by atoms with van der Waals surface area (Å²) in [5.74, 6) is -0.164. The van der Waals surface area contributed by atoms with Crippen LogP contribution in [0.1, 0.15) is 85.6 Å². The first kappa shape index (κ1) is 63.4. The minimum Gasteiger partial charge on any atom is -0.379 e. The molecule has 0 spiro atoms. The van der Waals surface area contributed by atoms with E-state index in [-0.39, 0.29) is 17.6 Å². The van der Waals surface area contributed by atoms with Gasteiger partial charge in [-0.2, -0.15) is 0 Å². The fourth-order valence-corrected chi connectivity index (χ4v) is 7.53. The summed E-state index contributed by atoms with van der Waals surface area (Å²) in [6.07, 6.45) is 0.415. The molecule has 0 saturated carbocycles. The fraction of sp³-hybridized carbons (Fsp3) is 0.660. The number of amides is 2. The molecule has 0 aliphatic carbocycles. The van der Waals surface area contributed by atoms with E-state index in [2.05, 4.69) is 25.5 Å². The number of thiazole rings is 2. The van der Waals surface area contributed by atoms with Crippen molar-refractivity contribution in [2.45, 2.75) is 68.7 Å². The Morgan fingerprint density at radius 3 is 1.10 bits per heavy atom. The molecule has 2 N–H and O–H groups in total. The van der Waals surface area contributed by atoms with E-state index in [1.807, 2.05) is 79.7 Å². The van der Waals surface area contributed by atoms with Crippen molar-refractivity contribution in [3.63, 3.8) is 0 Å². The Kier molecular flexibility index (Phi) is 39.8. The SMILES string of the molecule is CC.CC.CC.CC(=O)CCOCCOCCOCCN(CCOCCOCCOCCNC(=O)c1ccc2nc(C)sc2c1)CCOCCOCCOCCNC(=O)c1ccc2nc(C)sc2c1. The molecular formula is C50H83N5O12S2. The van der Waals surface area contributed by atoms with Crippen molar-refractivity contribution in [3.8, 4) is 0 Å². The maximum Gasteiger partial charge on any atom is 0.251 e. The predicted octanol–water partition coefficient (Wildman–Crippen LogP) is 7.19. The highest BCUT2D eigenvalue weighted by Gasteiger charge is 2.10. The molecule has 0 atom stereocenters. The summed E-state index contributed by atoms with van der Waals surface area (Å²) in [5.41, 5.74) is 3.02. The highest BCUT2D eigenvalue weighted by molar-refractivity contribution is 7.18. The van der Waals surface area contributed by atoms with E-state index in [0.29, 0.717) is 169 Å². The summed E-state index contributed by atoms with van der Waals surface area (Å²) in [7, 11) is 0. The van der Waals surface area contributed by atoms with E-state index < -0.39 is 0 Å². The number of ketones is 1. The van der Waals surface area contributed by atoms with Crippen LogP contribution in [0.2, 0.25) is 0 Å². The molecule has 2 heterocycles. The Morgan fingerprint density at radius 2 is 0.768 bits per heavy atom. The van der Waals surface area contributed by atoms with Crippen LogP contribution < -0.4 is 10.6 Å². The summed E-state index contributed by atoms with van der Waals surface area (Å²) >= 11 is 3.14. The number of aromatic nitrogens is 2. The molecule has 2 aromatic heterocycles. The van der Waals surface area contributed by atoms with Crippen molar-refractivity contribution in [2.24, 2.45) is 0 Å². The van der Waals surface area contributed by atoms with Gasteiger partial charge in [-0.3, -0.25) is 19.3 Å². The van der Waals surface area contributed by atoms with Gasteiger partial charge in [-0.25, -0.2) is 9.97 Å². The van der Waals surface area contributed by atoms with Gasteiger partial charge < -0.3 is 53.3 Å². The number of hydrogen-bond donors (Lipinski definition) is 2. The molecule has 0 aliphatic rings. The van der Waals surface area contributed by atoms with Crippen LogP contribution in [0.5, 0.6) is 0 Å². The first-order valence-corrected chi connectivity index (χ1v) is 26.1. The number of carbonyl (C=O) groups is 3. The number of benzene rings is 2. The lowest BCUT2D eigenvalue weighted by Gasteiger charge is -2.22. The molecule has 4 rings (SSSR count). The molecule has 4 aromatic rings. The number of hydrogen-bond acceptors (Lipinski definition) is 17. The summed E-state index contributed by atoms with van der Waals surface area (Å²) < 4.78 is 52.8. The van der Waals surface area contributed by atoms with E-state index in [1.165, 1.54) is 0 Å². The molecule has 0 bridgehead atoms. The van der Waals surface area contributed by atoms with Crippen molar-refractivity contribution in [3.05, 3.63) is 57.5 Å². The smallest absolute Gasteiger partial charge is 0.251 e. The third-order valence-electron chi connectivity index (χ3n) is 9.07. The number of ether oxygens (including phenoxy) is 9. The molecule has 2 amide bonds. The molecule has 0 fully saturated rings. The van der Waals surface area contributed by atoms with E-state index >= 15 is 0 Å². The number of aryl methyl sites for hydroxylation is 2. The second-order valence-corrected chi connectivity index (χ2v) is 16.6. The Hall–Kier alpha value is -3.57. The van der Waals surface area contributed by atoms with Crippen LogP contribution in [0.4, 0.5) is 0 Å². The molecule has 19 heteroatoms. The van der Waals surface area contributed by atoms with Gasteiger partial charge in [0.25, 0.3) is 11.8 Å². The molecule has 0 saturated heterocycles. The van der Waals surface area contributed by atoms with Gasteiger partial charge >= 0.3 is 0 Å². The largest absolute Gasteiger partial charge is 0.379 e. The standard InChI is InChI=1S/C44H65N5O12S2.3C2H6/c1-34(50)8-14-53-20-26-59-29-23-56-17-11-49(12-18-57-24-30-60-27-21-54-15-9-45-43(51)37-4-6-39-41(32-37)62-35(2)47-39)13-19-58-25-31-61-28-22-55-16-10-46-44(52)38-5-7-40-42(33-38)63-36(3)48-40;3*1-2/h4-7,32-33H,8-31H2,1-3H3,(H,45,51)(H,46,52);3*1-2H3. The van der Waals surface area contributed by atoms with Gasteiger partial charge in [0.2, 0.25) is 0 Å². The van der Waals surface area contributed by atoms with Crippen molar-refractivity contribution in [2.75, 3.05) is 152 Å². The number of carbonyl (C=O) groups excluding carboxylic acids is 3. The number of nitrogens with one attached hydrogen (secondary N) is 2. The molecule has 69 heavy (non-hydrogen) atoms. The number of nitrogens with zero attached hydrogens (tertiary/aromatic N) is 3. The molecule has 0 aliphatic heterocycles. The Morgan fingerprint density at radius 1 is 0.464 bits per heavy atom. The Balaban J connectivity index is 0.00000381. The molecule has 17 nitrogen and oxygen atoms in total. The molecule has 0 unspecified atom stereocenters. The van der Waals surface area contributed by atoms with Crippen LogP contribution in [0.3, 0.4) is 0 Å². The van der Waals surface area contributed by atoms with Crippen LogP contribution in [-0.4, -0.2) is 184 Å². The Bertz CT molecular complexity index is 1780. The normalized spacial score (nSPS) is 10.9. The molecule has 2 aromatic carbocycles. The summed E-state index contributed by atoms with van der Waals surface area (Å²) in [6.45, 7) is 28.5. The average Bonchev–Trinajstić information content (AvgIpc) is 3.94. The summed E-state index contributed by atoms with van der Waals surface area (Å²) in [5, 5.41) is 7.71. The van der Waals surface area contributed by atoms with Crippen molar-refractivity contribution in [1.29, 1.82) is 0 Å². The zero-order valence-electron chi connectivity index (χ0n) is 43.0. The monoisotopic (exact) mass is 1010 g/mol. The lowest BCUT2D eigenvalue weighted by molar-refractivity contribution is -0.118. The van der Waals surface area contributed by atoms with Crippen molar-refractivity contribution in [1.82, 2.24) is 25.5 Å². The van der Waals surface area contributed by atoms with E-state index in [4.69, 9.17) is 42.6 Å². The lowest BCUT2D eigenvalue weighted by Crippen LogP contribution is -2.34. The third kappa shape index (κ3) is 30.7. The quantitative estimate of drug-likeness (QED) is 0.0429. The topological polar surface area (TPSA) is 187 Å². The molecule has 392 valence electrons. The molecule has 0 radical (unpaired) electrons. The number of fused-ring (bicyclic) bond motifs is 2. The maximum absolute atomic E-state index is 12.5. The average molecular weight is 1010 g/mol. The highest BCUT2D eigenvalue weighted by Crippen LogP contribution is 2.23. The van der Waals surface area contributed by atoms with Gasteiger partial charge in [-0.05, 0) is 57.2 Å². The van der Waals surface area contributed by atoms with Gasteiger partial charge in [0, 0.05) is 50.3 Å². The zero-order valence-corrected chi connectivity index (χ0v) is 44.6. The number of rotatable bonds is 38. The Labute approximate surface area is 419 Å². The maximum atomic E-state index is 12.5. The zero-order chi connectivity index (χ0) is 50.7. The van der Waals surface area contributed by atoms with Gasteiger partial charge in [0.05, 0.1) is 149 Å². The van der Waals surface area contributed by atoms with E-state index in [1.54, 1.807) is 41.7 Å². The third-order valence-corrected chi connectivity index (χ3v) is 10.9. The highest BCUT2D eigenvalue weighted by atomic mass is 32.1. The van der Waals surface area contributed by atoms with Crippen LogP contribution >= 0.6 is 22.7 Å². The van der Waals surface area contributed by atoms with Crippen LogP contribution in [0, 0.1) is 13.8 Å². The van der Waals surface area contributed by atoms with Crippen molar-refractivity contribution < 1.29 is 57.0 Å². The van der Waals surface area contributed by atoms with Crippen molar-refractivity contribution >= 4 is 60.7 Å². The lowest BCUT2D eigenvalue weighted by atomic mass is 10.2. The summed E-state index contributed by atoms with van der Waals surface area (Å²) in [4.78, 5) is 47.0. The second-order valence-electron chi connectivity index (χ2n) is 14.1. The first-order chi connectivity index (χ1) is 33.8. The fourth-order valence-electron chi connectivity index (χ4n) is 5.80. The first-order valence-electron chi connectivity index (χ1n) is 24.5. The van der Waals surface area contributed by atoms with Crippen LogP contribution in [0.25, 0.3) is 20.4 Å². The van der Waals surface area contributed by atoms with Gasteiger partial charge in [0.1, 0.15) is 5.78 Å². The predicted molar refractivity (Wildman–Crippen MR) is 277 cm³/mol. The minimum absolute atomic E-state index is 0.109. The van der Waals surface area contributed by atoms with Crippen LogP contribution in [0.15, 0.2) is 36.4 Å². The second kappa shape index (κ2) is 43.2. The summed E-state index contributed by atoms with van der Waals surface area (Å²) in [6, 6.07) is 11.0. The van der Waals surface area contributed by atoms with Crippen LogP contribution in [-0.2, 0) is 47.4 Å².